The number of anilines is 1. The van der Waals surface area contributed by atoms with Gasteiger partial charge in [0.1, 0.15) is 11.5 Å². The number of hydrogen-bond donors (Lipinski definition) is 2. The van der Waals surface area contributed by atoms with Gasteiger partial charge in [0, 0.05) is 31.9 Å². The van der Waals surface area contributed by atoms with Crippen LogP contribution in [0.1, 0.15) is 42.5 Å². The first kappa shape index (κ1) is 22.9. The van der Waals surface area contributed by atoms with Gasteiger partial charge in [-0.05, 0) is 104 Å². The van der Waals surface area contributed by atoms with E-state index in [4.69, 9.17) is 0 Å². The zero-order valence-electron chi connectivity index (χ0n) is 20.0. The first-order chi connectivity index (χ1) is 15.8. The number of benzene rings is 3. The summed E-state index contributed by atoms with van der Waals surface area (Å²) in [4.78, 5) is 4.64. The SMILES string of the molecule is CC(C)N(C)CCN(C)c1ccc(C2=C(c3cccc(O)c3)CCc3ccc(O)cc32)cc1. The molecule has 0 radical (unpaired) electrons. The number of likely N-dealkylation sites (N-methyl/N-ethyl adjacent to an activating group) is 2. The molecule has 0 saturated heterocycles. The predicted molar refractivity (Wildman–Crippen MR) is 138 cm³/mol. The number of phenols is 2. The summed E-state index contributed by atoms with van der Waals surface area (Å²) < 4.78 is 0. The van der Waals surface area contributed by atoms with E-state index in [9.17, 15) is 10.2 Å². The van der Waals surface area contributed by atoms with Crippen LogP contribution in [0.2, 0.25) is 0 Å². The van der Waals surface area contributed by atoms with Gasteiger partial charge in [-0.2, -0.15) is 0 Å². The summed E-state index contributed by atoms with van der Waals surface area (Å²) in [5, 5.41) is 20.3. The quantitative estimate of drug-likeness (QED) is 0.487. The summed E-state index contributed by atoms with van der Waals surface area (Å²) in [6.07, 6.45) is 1.80. The second kappa shape index (κ2) is 9.72. The average molecular weight is 443 g/mol. The van der Waals surface area contributed by atoms with Gasteiger partial charge in [-0.15, -0.1) is 0 Å². The summed E-state index contributed by atoms with van der Waals surface area (Å²) >= 11 is 0. The zero-order chi connectivity index (χ0) is 23.5. The van der Waals surface area contributed by atoms with Crippen LogP contribution < -0.4 is 4.90 Å². The molecule has 0 spiro atoms. The maximum absolute atomic E-state index is 10.2. The van der Waals surface area contributed by atoms with Gasteiger partial charge in [0.25, 0.3) is 0 Å². The first-order valence-corrected chi connectivity index (χ1v) is 11.7. The fourth-order valence-electron chi connectivity index (χ4n) is 4.45. The molecule has 0 amide bonds. The van der Waals surface area contributed by atoms with Gasteiger partial charge < -0.3 is 20.0 Å². The Balaban J connectivity index is 1.71. The topological polar surface area (TPSA) is 46.9 Å². The van der Waals surface area contributed by atoms with E-state index in [1.807, 2.05) is 24.3 Å². The van der Waals surface area contributed by atoms with Crippen LogP contribution in [0.25, 0.3) is 11.1 Å². The number of hydrogen-bond acceptors (Lipinski definition) is 4. The van der Waals surface area contributed by atoms with Crippen LogP contribution in [0.15, 0.2) is 66.7 Å². The third-order valence-corrected chi connectivity index (χ3v) is 6.77. The highest BCUT2D eigenvalue weighted by atomic mass is 16.3. The smallest absolute Gasteiger partial charge is 0.116 e. The van der Waals surface area contributed by atoms with E-state index in [1.165, 1.54) is 16.8 Å². The van der Waals surface area contributed by atoms with E-state index in [1.54, 1.807) is 12.1 Å². The van der Waals surface area contributed by atoms with Crippen LogP contribution in [-0.2, 0) is 6.42 Å². The van der Waals surface area contributed by atoms with Gasteiger partial charge >= 0.3 is 0 Å². The van der Waals surface area contributed by atoms with Gasteiger partial charge in [-0.25, -0.2) is 0 Å². The lowest BCUT2D eigenvalue weighted by molar-refractivity contribution is 0.280. The molecule has 0 atom stereocenters. The standard InChI is InChI=1S/C29H34N2O2/c1-20(2)30(3)16-17-31(4)24-12-8-22(9-13-24)29-27(23-6-5-7-25(32)18-23)15-11-21-10-14-26(33)19-28(21)29/h5-10,12-14,18-20,32-33H,11,15-17H2,1-4H3. The molecule has 172 valence electrons. The molecule has 2 N–H and O–H groups in total. The van der Waals surface area contributed by atoms with Crippen molar-refractivity contribution in [2.45, 2.75) is 32.7 Å². The number of rotatable bonds is 7. The van der Waals surface area contributed by atoms with Gasteiger partial charge in [0.15, 0.2) is 0 Å². The molecule has 1 aliphatic carbocycles. The van der Waals surface area contributed by atoms with E-state index in [2.05, 4.69) is 68.1 Å². The maximum atomic E-state index is 10.2. The summed E-state index contributed by atoms with van der Waals surface area (Å²) in [6, 6.07) is 22.4. The summed E-state index contributed by atoms with van der Waals surface area (Å²) in [6.45, 7) is 6.40. The Morgan fingerprint density at radius 3 is 2.21 bits per heavy atom. The Kier molecular flexibility index (Phi) is 6.75. The van der Waals surface area contributed by atoms with E-state index in [0.717, 1.165) is 48.2 Å². The molecule has 0 saturated carbocycles. The Morgan fingerprint density at radius 1 is 0.788 bits per heavy atom. The molecule has 0 unspecified atom stereocenters. The minimum Gasteiger partial charge on any atom is -0.508 e. The van der Waals surface area contributed by atoms with Crippen LogP contribution in [0, 0.1) is 0 Å². The van der Waals surface area contributed by atoms with E-state index in [-0.39, 0.29) is 11.5 Å². The number of phenolic OH excluding ortho intramolecular Hbond substituents is 2. The number of fused-ring (bicyclic) bond motifs is 1. The maximum Gasteiger partial charge on any atom is 0.116 e. The molecule has 4 rings (SSSR count). The molecule has 33 heavy (non-hydrogen) atoms. The van der Waals surface area contributed by atoms with Crippen LogP contribution in [-0.4, -0.2) is 48.3 Å². The van der Waals surface area contributed by atoms with Crippen molar-refractivity contribution in [2.75, 3.05) is 32.1 Å². The molecule has 3 aromatic rings. The van der Waals surface area contributed by atoms with Crippen molar-refractivity contribution < 1.29 is 10.2 Å². The lowest BCUT2D eigenvalue weighted by atomic mass is 9.79. The Labute approximate surface area is 197 Å². The van der Waals surface area contributed by atoms with Crippen molar-refractivity contribution in [2.24, 2.45) is 0 Å². The Bertz CT molecular complexity index is 1150. The summed E-state index contributed by atoms with van der Waals surface area (Å²) in [5.41, 5.74) is 7.97. The highest BCUT2D eigenvalue weighted by Crippen LogP contribution is 2.42. The van der Waals surface area contributed by atoms with Crippen LogP contribution in [0.3, 0.4) is 0 Å². The fourth-order valence-corrected chi connectivity index (χ4v) is 4.45. The summed E-state index contributed by atoms with van der Waals surface area (Å²) in [5.74, 6) is 0.540. The van der Waals surface area contributed by atoms with Crippen molar-refractivity contribution in [1.82, 2.24) is 4.90 Å². The van der Waals surface area contributed by atoms with Crippen molar-refractivity contribution in [3.8, 4) is 11.5 Å². The third-order valence-electron chi connectivity index (χ3n) is 6.77. The van der Waals surface area contributed by atoms with Gasteiger partial charge in [0.2, 0.25) is 0 Å². The minimum atomic E-state index is 0.268. The van der Waals surface area contributed by atoms with Crippen molar-refractivity contribution >= 4 is 16.8 Å². The number of nitrogens with zero attached hydrogens (tertiary/aromatic N) is 2. The lowest BCUT2D eigenvalue weighted by Crippen LogP contribution is -2.34. The second-order valence-electron chi connectivity index (χ2n) is 9.29. The molecule has 3 aromatic carbocycles. The second-order valence-corrected chi connectivity index (χ2v) is 9.29. The van der Waals surface area contributed by atoms with Gasteiger partial charge in [0.05, 0.1) is 0 Å². The monoisotopic (exact) mass is 442 g/mol. The number of aromatic hydroxyl groups is 2. The summed E-state index contributed by atoms with van der Waals surface area (Å²) in [7, 11) is 4.29. The highest BCUT2D eigenvalue weighted by Gasteiger charge is 2.22. The van der Waals surface area contributed by atoms with E-state index < -0.39 is 0 Å². The third kappa shape index (κ3) is 5.07. The van der Waals surface area contributed by atoms with Crippen molar-refractivity contribution in [3.63, 3.8) is 0 Å². The fraction of sp³-hybridized carbons (Fsp3) is 0.310. The normalized spacial score (nSPS) is 13.5. The molecule has 0 heterocycles. The van der Waals surface area contributed by atoms with Gasteiger partial charge in [-0.1, -0.05) is 30.3 Å². The molecule has 4 heteroatoms. The predicted octanol–water partition coefficient (Wildman–Crippen LogP) is 5.78. The first-order valence-electron chi connectivity index (χ1n) is 11.7. The van der Waals surface area contributed by atoms with Crippen molar-refractivity contribution in [3.05, 3.63) is 89.0 Å². The average Bonchev–Trinajstić information content (AvgIpc) is 2.81. The van der Waals surface area contributed by atoms with Crippen LogP contribution in [0.5, 0.6) is 11.5 Å². The van der Waals surface area contributed by atoms with Gasteiger partial charge in [-0.3, -0.25) is 0 Å². The molecule has 4 nitrogen and oxygen atoms in total. The van der Waals surface area contributed by atoms with Crippen molar-refractivity contribution in [1.29, 1.82) is 0 Å². The Morgan fingerprint density at radius 2 is 1.52 bits per heavy atom. The molecule has 1 aliphatic rings. The molecular formula is C29H34N2O2. The van der Waals surface area contributed by atoms with E-state index >= 15 is 0 Å². The Hall–Kier alpha value is -3.24. The van der Waals surface area contributed by atoms with Crippen LogP contribution in [0.4, 0.5) is 5.69 Å². The number of allylic oxidation sites excluding steroid dienone is 1. The molecule has 0 fully saturated rings. The molecule has 0 aromatic heterocycles. The number of aryl methyl sites for hydroxylation is 1. The molecule has 0 aliphatic heterocycles. The molecule has 0 bridgehead atoms. The minimum absolute atomic E-state index is 0.268. The molecular weight excluding hydrogens is 408 g/mol. The highest BCUT2D eigenvalue weighted by molar-refractivity contribution is 6.01. The largest absolute Gasteiger partial charge is 0.508 e. The lowest BCUT2D eigenvalue weighted by Gasteiger charge is -2.27. The van der Waals surface area contributed by atoms with E-state index in [0.29, 0.717) is 6.04 Å². The zero-order valence-corrected chi connectivity index (χ0v) is 20.0. The van der Waals surface area contributed by atoms with Crippen LogP contribution >= 0.6 is 0 Å².